The molecule has 1 fully saturated rings. The Bertz CT molecular complexity index is 790. The van der Waals surface area contributed by atoms with Crippen LogP contribution in [0.4, 0.5) is 0 Å². The fourth-order valence-electron chi connectivity index (χ4n) is 3.57. The zero-order chi connectivity index (χ0) is 15.2. The maximum Gasteiger partial charge on any atom is 0.0669 e. The van der Waals surface area contributed by atoms with Gasteiger partial charge in [0.15, 0.2) is 0 Å². The van der Waals surface area contributed by atoms with E-state index in [0.29, 0.717) is 11.8 Å². The Labute approximate surface area is 140 Å². The van der Waals surface area contributed by atoms with E-state index < -0.39 is 0 Å². The molecular formula is C20H14Cl2. The van der Waals surface area contributed by atoms with Gasteiger partial charge in [-0.05, 0) is 54.3 Å². The summed E-state index contributed by atoms with van der Waals surface area (Å²) in [4.78, 5) is 0. The van der Waals surface area contributed by atoms with E-state index >= 15 is 0 Å². The highest BCUT2D eigenvalue weighted by molar-refractivity contribution is 6.30. The maximum atomic E-state index is 6.03. The van der Waals surface area contributed by atoms with Gasteiger partial charge in [-0.3, -0.25) is 0 Å². The van der Waals surface area contributed by atoms with Gasteiger partial charge in [-0.15, -0.1) is 0 Å². The SMILES string of the molecule is Clc1ccc(C#CC2(c3ccc(Cl)cc3)C3C=CCC32)cc1. The first-order chi connectivity index (χ1) is 10.7. The van der Waals surface area contributed by atoms with Crippen molar-refractivity contribution in [3.05, 3.63) is 81.9 Å². The van der Waals surface area contributed by atoms with Crippen LogP contribution in [0.3, 0.4) is 0 Å². The van der Waals surface area contributed by atoms with Crippen molar-refractivity contribution in [3.8, 4) is 11.8 Å². The minimum atomic E-state index is -0.0427. The predicted molar refractivity (Wildman–Crippen MR) is 92.2 cm³/mol. The molecule has 3 unspecified atom stereocenters. The van der Waals surface area contributed by atoms with E-state index in [1.54, 1.807) is 0 Å². The maximum absolute atomic E-state index is 6.03. The monoisotopic (exact) mass is 324 g/mol. The molecule has 2 aliphatic rings. The Hall–Kier alpha value is -1.68. The van der Waals surface area contributed by atoms with Crippen molar-refractivity contribution in [2.75, 3.05) is 0 Å². The highest BCUT2D eigenvalue weighted by Gasteiger charge is 2.64. The molecule has 2 heteroatoms. The molecule has 0 spiro atoms. The summed E-state index contributed by atoms with van der Waals surface area (Å²) in [5, 5.41) is 1.51. The topological polar surface area (TPSA) is 0 Å². The predicted octanol–water partition coefficient (Wildman–Crippen LogP) is 5.49. The van der Waals surface area contributed by atoms with Gasteiger partial charge in [-0.1, -0.05) is 59.3 Å². The van der Waals surface area contributed by atoms with E-state index in [4.69, 9.17) is 23.2 Å². The summed E-state index contributed by atoms with van der Waals surface area (Å²) in [6.45, 7) is 0. The molecule has 108 valence electrons. The quantitative estimate of drug-likeness (QED) is 0.480. The first-order valence-corrected chi connectivity index (χ1v) is 8.17. The summed E-state index contributed by atoms with van der Waals surface area (Å²) >= 11 is 12.0. The van der Waals surface area contributed by atoms with Crippen LogP contribution in [0.1, 0.15) is 17.5 Å². The number of rotatable bonds is 1. The Balaban J connectivity index is 1.73. The third-order valence-electron chi connectivity index (χ3n) is 4.75. The van der Waals surface area contributed by atoms with E-state index in [-0.39, 0.29) is 5.41 Å². The van der Waals surface area contributed by atoms with E-state index in [1.807, 2.05) is 36.4 Å². The average molecular weight is 325 g/mol. The van der Waals surface area contributed by atoms with E-state index in [1.165, 1.54) is 5.56 Å². The second-order valence-corrected chi connectivity index (χ2v) is 6.80. The normalized spacial score (nSPS) is 27.9. The van der Waals surface area contributed by atoms with Gasteiger partial charge in [-0.25, -0.2) is 0 Å². The van der Waals surface area contributed by atoms with Crippen LogP contribution in [-0.4, -0.2) is 0 Å². The van der Waals surface area contributed by atoms with Gasteiger partial charge in [0, 0.05) is 21.5 Å². The Morgan fingerprint density at radius 2 is 1.55 bits per heavy atom. The fraction of sp³-hybridized carbons (Fsp3) is 0.200. The molecular weight excluding hydrogens is 311 g/mol. The first kappa shape index (κ1) is 13.9. The Morgan fingerprint density at radius 1 is 0.909 bits per heavy atom. The summed E-state index contributed by atoms with van der Waals surface area (Å²) in [6.07, 6.45) is 5.70. The lowest BCUT2D eigenvalue weighted by atomic mass is 9.89. The molecule has 3 atom stereocenters. The molecule has 2 aromatic rings. The molecule has 2 aromatic carbocycles. The van der Waals surface area contributed by atoms with Crippen molar-refractivity contribution in [2.45, 2.75) is 11.8 Å². The van der Waals surface area contributed by atoms with Crippen LogP contribution in [-0.2, 0) is 5.41 Å². The molecule has 0 aromatic heterocycles. The van der Waals surface area contributed by atoms with Crippen molar-refractivity contribution in [2.24, 2.45) is 11.8 Å². The van der Waals surface area contributed by atoms with E-state index in [9.17, 15) is 0 Å². The van der Waals surface area contributed by atoms with Gasteiger partial charge in [0.05, 0.1) is 5.41 Å². The first-order valence-electron chi connectivity index (χ1n) is 7.41. The van der Waals surface area contributed by atoms with Crippen LogP contribution in [0.5, 0.6) is 0 Å². The van der Waals surface area contributed by atoms with Gasteiger partial charge in [0.25, 0.3) is 0 Å². The van der Waals surface area contributed by atoms with Crippen LogP contribution < -0.4 is 0 Å². The van der Waals surface area contributed by atoms with Crippen LogP contribution in [0.15, 0.2) is 60.7 Å². The van der Waals surface area contributed by atoms with Crippen molar-refractivity contribution in [1.82, 2.24) is 0 Å². The fourth-order valence-corrected chi connectivity index (χ4v) is 3.82. The zero-order valence-corrected chi connectivity index (χ0v) is 13.4. The van der Waals surface area contributed by atoms with E-state index in [2.05, 4.69) is 36.1 Å². The molecule has 0 saturated heterocycles. The van der Waals surface area contributed by atoms with Gasteiger partial charge in [-0.2, -0.15) is 0 Å². The molecule has 0 radical (unpaired) electrons. The smallest absolute Gasteiger partial charge is 0.0669 e. The lowest BCUT2D eigenvalue weighted by Gasteiger charge is -2.13. The highest BCUT2D eigenvalue weighted by Crippen LogP contribution is 2.65. The zero-order valence-electron chi connectivity index (χ0n) is 11.9. The van der Waals surface area contributed by atoms with Crippen molar-refractivity contribution in [3.63, 3.8) is 0 Å². The van der Waals surface area contributed by atoms with Crippen LogP contribution in [0, 0.1) is 23.7 Å². The Kier molecular flexibility index (Phi) is 3.30. The van der Waals surface area contributed by atoms with Crippen molar-refractivity contribution < 1.29 is 0 Å². The molecule has 22 heavy (non-hydrogen) atoms. The summed E-state index contributed by atoms with van der Waals surface area (Å²) in [5.41, 5.74) is 2.24. The van der Waals surface area contributed by atoms with Gasteiger partial charge in [0.1, 0.15) is 0 Å². The standard InChI is InChI=1S/C20H14Cl2/c21-16-8-4-14(5-9-16)12-13-20(18-2-1-3-19(18)20)15-6-10-17(22)11-7-15/h1-2,4-11,18-19H,3H2. The lowest BCUT2D eigenvalue weighted by molar-refractivity contribution is 0.745. The van der Waals surface area contributed by atoms with E-state index in [0.717, 1.165) is 22.0 Å². The second-order valence-electron chi connectivity index (χ2n) is 5.93. The minimum Gasteiger partial charge on any atom is -0.0878 e. The number of fused-ring (bicyclic) bond motifs is 1. The summed E-state index contributed by atoms with van der Waals surface area (Å²) in [5.74, 6) is 8.04. The summed E-state index contributed by atoms with van der Waals surface area (Å²) < 4.78 is 0. The largest absolute Gasteiger partial charge is 0.0878 e. The second kappa shape index (κ2) is 5.20. The van der Waals surface area contributed by atoms with Crippen LogP contribution in [0.2, 0.25) is 10.0 Å². The summed E-state index contributed by atoms with van der Waals surface area (Å²) in [7, 11) is 0. The van der Waals surface area contributed by atoms with Gasteiger partial charge < -0.3 is 0 Å². The third-order valence-corrected chi connectivity index (χ3v) is 5.25. The molecule has 0 aliphatic heterocycles. The number of benzene rings is 2. The molecule has 1 saturated carbocycles. The minimum absolute atomic E-state index is 0.0427. The molecule has 0 amide bonds. The molecule has 0 bridgehead atoms. The molecule has 0 heterocycles. The highest BCUT2D eigenvalue weighted by atomic mass is 35.5. The van der Waals surface area contributed by atoms with Crippen molar-refractivity contribution >= 4 is 23.2 Å². The van der Waals surface area contributed by atoms with Gasteiger partial charge in [0.2, 0.25) is 0 Å². The van der Waals surface area contributed by atoms with Crippen LogP contribution in [0.25, 0.3) is 0 Å². The Morgan fingerprint density at radius 3 is 2.14 bits per heavy atom. The summed E-state index contributed by atoms with van der Waals surface area (Å²) in [6, 6.07) is 15.9. The van der Waals surface area contributed by atoms with Crippen molar-refractivity contribution in [1.29, 1.82) is 0 Å². The average Bonchev–Trinajstić information content (AvgIpc) is 2.90. The number of hydrogen-bond donors (Lipinski definition) is 0. The van der Waals surface area contributed by atoms with Crippen LogP contribution >= 0.6 is 23.2 Å². The number of hydrogen-bond acceptors (Lipinski definition) is 0. The molecule has 0 N–H and O–H groups in total. The molecule has 0 nitrogen and oxygen atoms in total. The number of allylic oxidation sites excluding steroid dienone is 2. The molecule has 4 rings (SSSR count). The number of halogens is 2. The lowest BCUT2D eigenvalue weighted by Crippen LogP contribution is -2.10. The third kappa shape index (κ3) is 2.17. The van der Waals surface area contributed by atoms with Gasteiger partial charge >= 0.3 is 0 Å². The molecule has 2 aliphatic carbocycles.